The van der Waals surface area contributed by atoms with Crippen LogP contribution in [0.15, 0.2) is 0 Å². The van der Waals surface area contributed by atoms with Gasteiger partial charge in [0.2, 0.25) is 0 Å². The molecule has 11 heteroatoms. The molecule has 0 amide bonds. The zero-order valence-electron chi connectivity index (χ0n) is 26.2. The Morgan fingerprint density at radius 2 is 0.707 bits per heavy atom. The first-order valence-electron chi connectivity index (χ1n) is 15.6. The van der Waals surface area contributed by atoms with E-state index < -0.39 is 0 Å². The first kappa shape index (κ1) is 40.1. The largest absolute Gasteiger partial charge is 0.463 e. The molecule has 41 heavy (non-hydrogen) atoms. The number of ether oxygens (including phenoxy) is 10. The molecular weight excluding hydrogens is 536 g/mol. The molecule has 0 aliphatic carbocycles. The number of rotatable bonds is 35. The number of carbonyl (C=O) groups excluding carboxylic acids is 1. The van der Waals surface area contributed by atoms with Gasteiger partial charge in [-0.15, -0.1) is 0 Å². The first-order valence-corrected chi connectivity index (χ1v) is 15.6. The fourth-order valence-corrected chi connectivity index (χ4v) is 3.37. The van der Waals surface area contributed by atoms with Crippen LogP contribution in [0.25, 0.3) is 0 Å². The summed E-state index contributed by atoms with van der Waals surface area (Å²) in [6, 6.07) is 0. The van der Waals surface area contributed by atoms with Crippen molar-refractivity contribution >= 4 is 5.97 Å². The van der Waals surface area contributed by atoms with E-state index in [4.69, 9.17) is 47.4 Å². The monoisotopic (exact) mass is 596 g/mol. The molecule has 0 saturated carbocycles. The maximum atomic E-state index is 12.0. The fourth-order valence-electron chi connectivity index (χ4n) is 3.37. The molecule has 0 spiro atoms. The summed E-state index contributed by atoms with van der Waals surface area (Å²) in [4.78, 5) is 12.0. The molecule has 246 valence electrons. The Bertz CT molecular complexity index is 511. The molecule has 0 rings (SSSR count). The molecule has 0 N–H and O–H groups in total. The Hall–Kier alpha value is -0.890. The minimum atomic E-state index is -0.116. The summed E-state index contributed by atoms with van der Waals surface area (Å²) in [6.45, 7) is 16.2. The maximum absolute atomic E-state index is 12.0. The summed E-state index contributed by atoms with van der Waals surface area (Å²) in [5.74, 6) is -0.115. The molecular formula is C30H60O11. The lowest BCUT2D eigenvalue weighted by Gasteiger charge is -2.13. The third kappa shape index (κ3) is 31.9. The van der Waals surface area contributed by atoms with Crippen LogP contribution in [0.4, 0.5) is 0 Å². The van der Waals surface area contributed by atoms with Crippen LogP contribution in [-0.2, 0) is 52.2 Å². The van der Waals surface area contributed by atoms with E-state index in [1.807, 2.05) is 6.92 Å². The summed E-state index contributed by atoms with van der Waals surface area (Å²) in [6.07, 6.45) is 6.09. The number of hydrogen-bond donors (Lipinski definition) is 0. The minimum absolute atomic E-state index is 0.00154. The van der Waals surface area contributed by atoms with Crippen molar-refractivity contribution < 1.29 is 52.2 Å². The number of carbonyl (C=O) groups is 1. The number of unbranched alkanes of at least 4 members (excludes halogenated alkanes) is 2. The van der Waals surface area contributed by atoms with Gasteiger partial charge in [0.1, 0.15) is 6.61 Å². The lowest BCUT2D eigenvalue weighted by atomic mass is 10.00. The molecule has 0 saturated heterocycles. The van der Waals surface area contributed by atoms with Crippen LogP contribution in [0.3, 0.4) is 0 Å². The Kier molecular flexibility index (Phi) is 34.5. The van der Waals surface area contributed by atoms with Crippen molar-refractivity contribution in [2.45, 2.75) is 59.3 Å². The molecule has 0 fully saturated rings. The fraction of sp³-hybridized carbons (Fsp3) is 0.967. The van der Waals surface area contributed by atoms with Gasteiger partial charge in [-0.3, -0.25) is 4.79 Å². The minimum Gasteiger partial charge on any atom is -0.463 e. The van der Waals surface area contributed by atoms with Crippen molar-refractivity contribution in [3.8, 4) is 0 Å². The maximum Gasteiger partial charge on any atom is 0.308 e. The lowest BCUT2D eigenvalue weighted by molar-refractivity contribution is -0.150. The van der Waals surface area contributed by atoms with Gasteiger partial charge in [-0.05, 0) is 19.3 Å². The third-order valence-electron chi connectivity index (χ3n) is 5.82. The summed E-state index contributed by atoms with van der Waals surface area (Å²) in [5, 5.41) is 0. The predicted octanol–water partition coefficient (Wildman–Crippen LogP) is 3.70. The molecule has 1 unspecified atom stereocenters. The quantitative estimate of drug-likeness (QED) is 0.0789. The highest BCUT2D eigenvalue weighted by Crippen LogP contribution is 2.14. The lowest BCUT2D eigenvalue weighted by Crippen LogP contribution is -2.20. The van der Waals surface area contributed by atoms with E-state index in [2.05, 4.69) is 13.8 Å². The highest BCUT2D eigenvalue weighted by Gasteiger charge is 2.16. The molecule has 0 aliphatic heterocycles. The highest BCUT2D eigenvalue weighted by atomic mass is 16.6. The second kappa shape index (κ2) is 35.3. The molecule has 0 aromatic rings. The van der Waals surface area contributed by atoms with Crippen molar-refractivity contribution in [3.63, 3.8) is 0 Å². The zero-order valence-corrected chi connectivity index (χ0v) is 26.2. The van der Waals surface area contributed by atoms with E-state index >= 15 is 0 Å². The van der Waals surface area contributed by atoms with Crippen molar-refractivity contribution in [1.82, 2.24) is 0 Å². The van der Waals surface area contributed by atoms with Crippen molar-refractivity contribution in [1.29, 1.82) is 0 Å². The molecule has 11 nitrogen and oxygen atoms in total. The van der Waals surface area contributed by atoms with Gasteiger partial charge in [0.15, 0.2) is 0 Å². The van der Waals surface area contributed by atoms with Gasteiger partial charge in [-0.2, -0.15) is 0 Å². The molecule has 0 bridgehead atoms. The highest BCUT2D eigenvalue weighted by molar-refractivity contribution is 5.72. The van der Waals surface area contributed by atoms with E-state index in [9.17, 15) is 4.79 Å². The van der Waals surface area contributed by atoms with Crippen LogP contribution < -0.4 is 0 Å². The van der Waals surface area contributed by atoms with Crippen LogP contribution in [-0.4, -0.2) is 132 Å². The molecule has 0 heterocycles. The average Bonchev–Trinajstić information content (AvgIpc) is 2.98. The smallest absolute Gasteiger partial charge is 0.308 e. The SMILES string of the molecule is CCCCOCCOCCOCCOCCOCCOCCOCCOCCOCCOC(=O)C(CC)CCCC. The second-order valence-corrected chi connectivity index (χ2v) is 9.28. The molecule has 0 aromatic carbocycles. The summed E-state index contributed by atoms with van der Waals surface area (Å²) >= 11 is 0. The topological polar surface area (TPSA) is 109 Å². The van der Waals surface area contributed by atoms with Crippen molar-refractivity contribution in [2.24, 2.45) is 5.92 Å². The van der Waals surface area contributed by atoms with Crippen molar-refractivity contribution in [2.75, 3.05) is 126 Å². The summed E-state index contributed by atoms with van der Waals surface area (Å²) in [5.41, 5.74) is 0. The Labute approximate surface area is 249 Å². The van der Waals surface area contributed by atoms with E-state index in [-0.39, 0.29) is 18.5 Å². The zero-order chi connectivity index (χ0) is 29.9. The second-order valence-electron chi connectivity index (χ2n) is 9.28. The van der Waals surface area contributed by atoms with Gasteiger partial charge in [0.05, 0.1) is 118 Å². The molecule has 1 atom stereocenters. The average molecular weight is 597 g/mol. The van der Waals surface area contributed by atoms with E-state index in [0.717, 1.165) is 45.1 Å². The van der Waals surface area contributed by atoms with Crippen LogP contribution in [0.5, 0.6) is 0 Å². The van der Waals surface area contributed by atoms with E-state index in [0.29, 0.717) is 112 Å². The molecule has 0 aliphatic rings. The normalized spacial score (nSPS) is 12.2. The van der Waals surface area contributed by atoms with Gasteiger partial charge >= 0.3 is 5.97 Å². The van der Waals surface area contributed by atoms with Gasteiger partial charge in [0, 0.05) is 6.61 Å². The molecule has 0 radical (unpaired) electrons. The van der Waals surface area contributed by atoms with Gasteiger partial charge in [-0.25, -0.2) is 0 Å². The van der Waals surface area contributed by atoms with Crippen molar-refractivity contribution in [3.05, 3.63) is 0 Å². The number of esters is 1. The van der Waals surface area contributed by atoms with Gasteiger partial charge < -0.3 is 47.4 Å². The predicted molar refractivity (Wildman–Crippen MR) is 157 cm³/mol. The summed E-state index contributed by atoms with van der Waals surface area (Å²) < 4.78 is 54.4. The third-order valence-corrected chi connectivity index (χ3v) is 5.82. The molecule has 0 aromatic heterocycles. The number of hydrogen-bond acceptors (Lipinski definition) is 11. The summed E-state index contributed by atoms with van der Waals surface area (Å²) in [7, 11) is 0. The Morgan fingerprint density at radius 3 is 1.00 bits per heavy atom. The first-order chi connectivity index (χ1) is 20.3. The standard InChI is InChI=1S/C30H60O11/c1-4-7-9-29(6-3)30(31)41-28-27-40-26-25-39-24-23-38-22-21-37-20-19-36-18-17-35-16-15-34-14-13-33-12-11-32-10-8-5-2/h29H,4-28H2,1-3H3. The Balaban J connectivity index is 3.15. The van der Waals surface area contributed by atoms with E-state index in [1.54, 1.807) is 0 Å². The van der Waals surface area contributed by atoms with Gasteiger partial charge in [-0.1, -0.05) is 40.0 Å². The van der Waals surface area contributed by atoms with E-state index in [1.165, 1.54) is 0 Å². The van der Waals surface area contributed by atoms with Gasteiger partial charge in [0.25, 0.3) is 0 Å². The van der Waals surface area contributed by atoms with Crippen LogP contribution in [0.2, 0.25) is 0 Å². The van der Waals surface area contributed by atoms with Crippen LogP contribution in [0, 0.1) is 5.92 Å². The van der Waals surface area contributed by atoms with Crippen LogP contribution >= 0.6 is 0 Å². The Morgan fingerprint density at radius 1 is 0.415 bits per heavy atom. The van der Waals surface area contributed by atoms with Crippen LogP contribution in [0.1, 0.15) is 59.3 Å².